The van der Waals surface area contributed by atoms with Crippen molar-refractivity contribution in [2.24, 2.45) is 5.41 Å². The number of benzene rings is 1. The number of anilines is 1. The smallest absolute Gasteiger partial charge is 0.323 e. The van der Waals surface area contributed by atoms with Crippen molar-refractivity contribution in [2.75, 3.05) is 18.4 Å². The number of nitrogens with one attached hydrogen (secondary N) is 1. The van der Waals surface area contributed by atoms with Gasteiger partial charge in [0.15, 0.2) is 5.13 Å². The maximum atomic E-state index is 12.3. The standard InChI is InChI=1S/C17H18ClN3O3S/c1-17(14(22)23)6-7-21(10-17)16(24)20-15-19-9-12(25-15)8-11-4-2-3-5-13(11)18/h2-5,9H,6-8,10H2,1H3,(H,22,23)(H,19,20,24). The Morgan fingerprint density at radius 1 is 1.44 bits per heavy atom. The summed E-state index contributed by atoms with van der Waals surface area (Å²) >= 11 is 7.55. The average molecular weight is 380 g/mol. The van der Waals surface area contributed by atoms with Gasteiger partial charge in [-0.2, -0.15) is 0 Å². The number of nitrogens with zero attached hydrogens (tertiary/aromatic N) is 2. The normalized spacial score (nSPS) is 19.8. The number of amides is 2. The average Bonchev–Trinajstić information content (AvgIpc) is 3.17. The fraction of sp³-hybridized carbons (Fsp3) is 0.353. The van der Waals surface area contributed by atoms with Gasteiger partial charge in [-0.25, -0.2) is 9.78 Å². The quantitative estimate of drug-likeness (QED) is 0.848. The first-order valence-corrected chi connectivity index (χ1v) is 9.04. The molecule has 1 aromatic carbocycles. The lowest BCUT2D eigenvalue weighted by Gasteiger charge is -2.19. The van der Waals surface area contributed by atoms with Crippen LogP contribution in [0.25, 0.3) is 0 Å². The van der Waals surface area contributed by atoms with Crippen LogP contribution in [0.3, 0.4) is 0 Å². The minimum absolute atomic E-state index is 0.200. The van der Waals surface area contributed by atoms with Crippen LogP contribution in [0.2, 0.25) is 5.02 Å². The molecule has 0 aliphatic carbocycles. The molecule has 132 valence electrons. The SMILES string of the molecule is CC1(C(=O)O)CCN(C(=O)Nc2ncc(Cc3ccccc3Cl)s2)C1. The van der Waals surface area contributed by atoms with E-state index < -0.39 is 11.4 Å². The van der Waals surface area contributed by atoms with Crippen LogP contribution in [-0.2, 0) is 11.2 Å². The van der Waals surface area contributed by atoms with Crippen molar-refractivity contribution >= 4 is 40.1 Å². The Balaban J connectivity index is 1.61. The number of aromatic nitrogens is 1. The first-order chi connectivity index (χ1) is 11.9. The number of aliphatic carboxylic acids is 1. The summed E-state index contributed by atoms with van der Waals surface area (Å²) in [5.41, 5.74) is 0.123. The van der Waals surface area contributed by atoms with Crippen molar-refractivity contribution in [3.8, 4) is 0 Å². The second-order valence-corrected chi connectivity index (χ2v) is 7.89. The molecule has 6 nitrogen and oxygen atoms in total. The van der Waals surface area contributed by atoms with Crippen molar-refractivity contribution in [3.05, 3.63) is 45.9 Å². The molecule has 25 heavy (non-hydrogen) atoms. The highest BCUT2D eigenvalue weighted by atomic mass is 35.5. The third-order valence-electron chi connectivity index (χ3n) is 4.37. The molecule has 0 bridgehead atoms. The zero-order valence-corrected chi connectivity index (χ0v) is 15.2. The second-order valence-electron chi connectivity index (χ2n) is 6.37. The van der Waals surface area contributed by atoms with E-state index in [9.17, 15) is 14.7 Å². The van der Waals surface area contributed by atoms with Crippen molar-refractivity contribution in [1.29, 1.82) is 0 Å². The maximum absolute atomic E-state index is 12.3. The Kier molecular flexibility index (Phi) is 4.96. The Labute approximate surface area is 154 Å². The lowest BCUT2D eigenvalue weighted by Crippen LogP contribution is -2.37. The van der Waals surface area contributed by atoms with E-state index in [1.165, 1.54) is 16.2 Å². The highest BCUT2D eigenvalue weighted by Crippen LogP contribution is 2.31. The number of likely N-dealkylation sites (tertiary alicyclic amines) is 1. The number of hydrogen-bond acceptors (Lipinski definition) is 4. The van der Waals surface area contributed by atoms with Gasteiger partial charge in [0.05, 0.1) is 5.41 Å². The van der Waals surface area contributed by atoms with Crippen LogP contribution in [0.15, 0.2) is 30.5 Å². The molecular formula is C17H18ClN3O3S. The molecule has 2 heterocycles. The third-order valence-corrected chi connectivity index (χ3v) is 5.65. The van der Waals surface area contributed by atoms with Crippen LogP contribution < -0.4 is 5.32 Å². The monoisotopic (exact) mass is 379 g/mol. The van der Waals surface area contributed by atoms with Crippen molar-refractivity contribution < 1.29 is 14.7 Å². The Bertz CT molecular complexity index is 810. The molecule has 2 aromatic rings. The van der Waals surface area contributed by atoms with E-state index in [2.05, 4.69) is 10.3 Å². The number of rotatable bonds is 4. The van der Waals surface area contributed by atoms with E-state index in [-0.39, 0.29) is 12.6 Å². The third kappa shape index (κ3) is 3.93. The summed E-state index contributed by atoms with van der Waals surface area (Å²) in [6.45, 7) is 2.28. The number of carbonyl (C=O) groups excluding carboxylic acids is 1. The van der Waals surface area contributed by atoms with Crippen molar-refractivity contribution in [3.63, 3.8) is 0 Å². The Morgan fingerprint density at radius 3 is 2.88 bits per heavy atom. The molecule has 1 aliphatic heterocycles. The van der Waals surface area contributed by atoms with Gasteiger partial charge in [0.25, 0.3) is 0 Å². The first kappa shape index (κ1) is 17.7. The van der Waals surface area contributed by atoms with Crippen LogP contribution in [0.4, 0.5) is 9.93 Å². The molecule has 1 fully saturated rings. The molecule has 3 rings (SSSR count). The summed E-state index contributed by atoms with van der Waals surface area (Å²) in [5, 5.41) is 13.2. The first-order valence-electron chi connectivity index (χ1n) is 7.85. The second kappa shape index (κ2) is 7.01. The van der Waals surface area contributed by atoms with Crippen LogP contribution in [0.5, 0.6) is 0 Å². The van der Waals surface area contributed by atoms with Gasteiger partial charge in [0, 0.05) is 35.6 Å². The fourth-order valence-electron chi connectivity index (χ4n) is 2.76. The zero-order chi connectivity index (χ0) is 18.0. The van der Waals surface area contributed by atoms with Gasteiger partial charge in [0.1, 0.15) is 0 Å². The van der Waals surface area contributed by atoms with Gasteiger partial charge in [0.2, 0.25) is 0 Å². The summed E-state index contributed by atoms with van der Waals surface area (Å²) in [5.74, 6) is -0.876. The van der Waals surface area contributed by atoms with Crippen LogP contribution in [0.1, 0.15) is 23.8 Å². The molecule has 1 aliphatic rings. The van der Waals surface area contributed by atoms with Gasteiger partial charge < -0.3 is 10.0 Å². The van der Waals surface area contributed by atoms with Gasteiger partial charge >= 0.3 is 12.0 Å². The molecule has 0 radical (unpaired) electrons. The highest BCUT2D eigenvalue weighted by Gasteiger charge is 2.42. The molecule has 8 heteroatoms. The molecule has 2 N–H and O–H groups in total. The Hall–Kier alpha value is -2.12. The number of thiazole rings is 1. The van der Waals surface area contributed by atoms with Crippen LogP contribution >= 0.6 is 22.9 Å². The van der Waals surface area contributed by atoms with Gasteiger partial charge in [-0.3, -0.25) is 10.1 Å². The predicted molar refractivity (Wildman–Crippen MR) is 97.3 cm³/mol. The van der Waals surface area contributed by atoms with E-state index in [1.807, 2.05) is 24.3 Å². The summed E-state index contributed by atoms with van der Waals surface area (Å²) in [6.07, 6.45) is 2.81. The van der Waals surface area contributed by atoms with E-state index in [0.717, 1.165) is 10.4 Å². The molecule has 1 unspecified atom stereocenters. The lowest BCUT2D eigenvalue weighted by atomic mass is 9.90. The van der Waals surface area contributed by atoms with Gasteiger partial charge in [-0.1, -0.05) is 29.8 Å². The summed E-state index contributed by atoms with van der Waals surface area (Å²) < 4.78 is 0. The number of hydrogen-bond donors (Lipinski definition) is 2. The largest absolute Gasteiger partial charge is 0.481 e. The minimum atomic E-state index is -0.880. The van der Waals surface area contributed by atoms with E-state index >= 15 is 0 Å². The molecule has 0 spiro atoms. The molecule has 1 atom stereocenters. The van der Waals surface area contributed by atoms with Crippen LogP contribution in [0, 0.1) is 5.41 Å². The molecule has 1 aromatic heterocycles. The predicted octanol–water partition coefficient (Wildman–Crippen LogP) is 3.72. The van der Waals surface area contributed by atoms with Gasteiger partial charge in [-0.05, 0) is 25.0 Å². The van der Waals surface area contributed by atoms with E-state index in [4.69, 9.17) is 11.6 Å². The lowest BCUT2D eigenvalue weighted by molar-refractivity contribution is -0.146. The number of carboxylic acid groups (broad SMARTS) is 1. The maximum Gasteiger partial charge on any atom is 0.323 e. The zero-order valence-electron chi connectivity index (χ0n) is 13.7. The fourth-order valence-corrected chi connectivity index (χ4v) is 3.78. The van der Waals surface area contributed by atoms with Gasteiger partial charge in [-0.15, -0.1) is 11.3 Å². The Morgan fingerprint density at radius 2 is 2.20 bits per heavy atom. The summed E-state index contributed by atoms with van der Waals surface area (Å²) in [4.78, 5) is 30.3. The van der Waals surface area contributed by atoms with E-state index in [0.29, 0.717) is 29.5 Å². The number of carboxylic acids is 1. The minimum Gasteiger partial charge on any atom is -0.481 e. The molecule has 0 saturated carbocycles. The highest BCUT2D eigenvalue weighted by molar-refractivity contribution is 7.15. The summed E-state index contributed by atoms with van der Waals surface area (Å²) in [7, 11) is 0. The summed E-state index contributed by atoms with van der Waals surface area (Å²) in [6, 6.07) is 7.29. The number of urea groups is 1. The van der Waals surface area contributed by atoms with Crippen LogP contribution in [-0.4, -0.2) is 40.1 Å². The topological polar surface area (TPSA) is 82.5 Å². The molecular weight excluding hydrogens is 362 g/mol. The van der Waals surface area contributed by atoms with Crippen molar-refractivity contribution in [1.82, 2.24) is 9.88 Å². The molecule has 1 saturated heterocycles. The number of carbonyl (C=O) groups is 2. The van der Waals surface area contributed by atoms with E-state index in [1.54, 1.807) is 13.1 Å². The number of halogens is 1. The molecule has 2 amide bonds. The van der Waals surface area contributed by atoms with Crippen molar-refractivity contribution in [2.45, 2.75) is 19.8 Å².